The first kappa shape index (κ1) is 29.3. The summed E-state index contributed by atoms with van der Waals surface area (Å²) in [6, 6.07) is 43.9. The van der Waals surface area contributed by atoms with Crippen LogP contribution < -0.4 is 4.90 Å². The van der Waals surface area contributed by atoms with E-state index < -0.39 is 0 Å². The number of benzene rings is 5. The van der Waals surface area contributed by atoms with Crippen molar-refractivity contribution >= 4 is 17.1 Å². The quantitative estimate of drug-likeness (QED) is 0.187. The second-order valence-corrected chi connectivity index (χ2v) is 14.6. The molecule has 46 heavy (non-hydrogen) atoms. The highest BCUT2D eigenvalue weighted by atomic mass is 15.1. The zero-order valence-corrected chi connectivity index (χ0v) is 27.6. The fraction of sp³-hybridized carbons (Fsp3) is 0.333. The number of hydrogen-bond donors (Lipinski definition) is 0. The molecule has 0 saturated heterocycles. The summed E-state index contributed by atoms with van der Waals surface area (Å²) in [5.41, 5.74) is 15.1. The fourth-order valence-electron chi connectivity index (χ4n) is 8.92. The molecule has 0 heterocycles. The molecule has 2 saturated carbocycles. The first-order chi connectivity index (χ1) is 22.6. The van der Waals surface area contributed by atoms with E-state index in [0.29, 0.717) is 5.92 Å². The molecule has 0 N–H and O–H groups in total. The topological polar surface area (TPSA) is 3.24 Å². The van der Waals surface area contributed by atoms with Crippen molar-refractivity contribution in [1.29, 1.82) is 0 Å². The molecule has 0 radical (unpaired) electrons. The first-order valence-corrected chi connectivity index (χ1v) is 17.9. The molecule has 0 spiro atoms. The van der Waals surface area contributed by atoms with E-state index in [1.807, 2.05) is 0 Å². The lowest BCUT2D eigenvalue weighted by Crippen LogP contribution is -2.17. The first-order valence-electron chi connectivity index (χ1n) is 17.9. The Kier molecular flexibility index (Phi) is 7.81. The summed E-state index contributed by atoms with van der Waals surface area (Å²) in [5, 5.41) is 0. The minimum Gasteiger partial charge on any atom is -0.310 e. The number of anilines is 3. The Hall–Kier alpha value is -4.10. The third-order valence-corrected chi connectivity index (χ3v) is 11.5. The number of fused-ring (bicyclic) bond motifs is 3. The van der Waals surface area contributed by atoms with E-state index in [1.165, 1.54) is 120 Å². The maximum atomic E-state index is 2.56. The van der Waals surface area contributed by atoms with Crippen molar-refractivity contribution in [3.63, 3.8) is 0 Å². The monoisotopic (exact) mass is 601 g/mol. The molecule has 1 nitrogen and oxygen atoms in total. The number of nitrogens with zero attached hydrogens (tertiary/aromatic N) is 1. The molecule has 1 heteroatoms. The molecule has 0 aliphatic heterocycles. The summed E-state index contributed by atoms with van der Waals surface area (Å²) >= 11 is 0. The van der Waals surface area contributed by atoms with Gasteiger partial charge in [0.25, 0.3) is 0 Å². The van der Waals surface area contributed by atoms with Gasteiger partial charge in [0, 0.05) is 22.5 Å². The Morgan fingerprint density at radius 3 is 1.76 bits per heavy atom. The minimum atomic E-state index is -0.0413. The second-order valence-electron chi connectivity index (χ2n) is 14.6. The van der Waals surface area contributed by atoms with E-state index in [9.17, 15) is 0 Å². The predicted molar refractivity (Wildman–Crippen MR) is 196 cm³/mol. The zero-order valence-electron chi connectivity index (χ0n) is 27.6. The Balaban J connectivity index is 1.16. The predicted octanol–water partition coefficient (Wildman–Crippen LogP) is 13.2. The van der Waals surface area contributed by atoms with Crippen LogP contribution in [0.1, 0.15) is 112 Å². The van der Waals surface area contributed by atoms with Crippen molar-refractivity contribution in [2.45, 2.75) is 95.3 Å². The van der Waals surface area contributed by atoms with Crippen molar-refractivity contribution in [2.24, 2.45) is 0 Å². The SMILES string of the molecule is CC1(C)c2cc(C3CCCCC3)ccc2-c2ccc(N(c3ccccc3)c3ccc(-c4ccccc4C4CCCCC4)cc3)cc21. The number of rotatable bonds is 6. The normalized spacial score (nSPS) is 17.8. The zero-order chi connectivity index (χ0) is 31.1. The van der Waals surface area contributed by atoms with Crippen LogP contribution in [0.5, 0.6) is 0 Å². The second kappa shape index (κ2) is 12.3. The van der Waals surface area contributed by atoms with Gasteiger partial charge in [0.05, 0.1) is 0 Å². The van der Waals surface area contributed by atoms with Gasteiger partial charge >= 0.3 is 0 Å². The van der Waals surface area contributed by atoms with Crippen molar-refractivity contribution in [2.75, 3.05) is 4.90 Å². The molecule has 8 rings (SSSR count). The van der Waals surface area contributed by atoms with Crippen LogP contribution in [0.4, 0.5) is 17.1 Å². The van der Waals surface area contributed by atoms with Gasteiger partial charge in [-0.15, -0.1) is 0 Å². The molecule has 3 aliphatic rings. The molecule has 232 valence electrons. The molecule has 0 bridgehead atoms. The lowest BCUT2D eigenvalue weighted by atomic mass is 9.79. The van der Waals surface area contributed by atoms with Crippen LogP contribution >= 0.6 is 0 Å². The maximum absolute atomic E-state index is 2.56. The third kappa shape index (κ3) is 5.28. The van der Waals surface area contributed by atoms with Crippen LogP contribution in [0.25, 0.3) is 22.3 Å². The minimum absolute atomic E-state index is 0.0413. The average molecular weight is 602 g/mol. The van der Waals surface area contributed by atoms with Gasteiger partial charge in [-0.05, 0) is 118 Å². The molecular formula is C45H47N. The van der Waals surface area contributed by atoms with Gasteiger partial charge in [-0.2, -0.15) is 0 Å². The molecule has 0 aromatic heterocycles. The molecule has 3 aliphatic carbocycles. The number of hydrogen-bond acceptors (Lipinski definition) is 1. The summed E-state index contributed by atoms with van der Waals surface area (Å²) in [4.78, 5) is 2.43. The summed E-state index contributed by atoms with van der Waals surface area (Å²) < 4.78 is 0. The summed E-state index contributed by atoms with van der Waals surface area (Å²) in [6.07, 6.45) is 13.6. The van der Waals surface area contributed by atoms with Gasteiger partial charge in [0.1, 0.15) is 0 Å². The van der Waals surface area contributed by atoms with E-state index in [2.05, 4.69) is 134 Å². The Labute approximate surface area is 276 Å². The maximum Gasteiger partial charge on any atom is 0.0465 e. The molecule has 0 atom stereocenters. The van der Waals surface area contributed by atoms with Crippen molar-refractivity contribution in [3.05, 3.63) is 138 Å². The van der Waals surface area contributed by atoms with Crippen LogP contribution in [0.3, 0.4) is 0 Å². The van der Waals surface area contributed by atoms with Gasteiger partial charge in [0.2, 0.25) is 0 Å². The molecule has 0 unspecified atom stereocenters. The van der Waals surface area contributed by atoms with Gasteiger partial charge in [-0.25, -0.2) is 0 Å². The highest BCUT2D eigenvalue weighted by molar-refractivity contribution is 5.86. The van der Waals surface area contributed by atoms with Crippen molar-refractivity contribution in [3.8, 4) is 22.3 Å². The lowest BCUT2D eigenvalue weighted by molar-refractivity contribution is 0.443. The van der Waals surface area contributed by atoms with Gasteiger partial charge in [0.15, 0.2) is 0 Å². The van der Waals surface area contributed by atoms with E-state index >= 15 is 0 Å². The lowest BCUT2D eigenvalue weighted by Gasteiger charge is -2.29. The van der Waals surface area contributed by atoms with E-state index in [1.54, 1.807) is 5.56 Å². The highest BCUT2D eigenvalue weighted by Gasteiger charge is 2.36. The highest BCUT2D eigenvalue weighted by Crippen LogP contribution is 2.52. The van der Waals surface area contributed by atoms with Crippen molar-refractivity contribution in [1.82, 2.24) is 0 Å². The molecule has 5 aromatic rings. The van der Waals surface area contributed by atoms with Crippen LogP contribution in [0, 0.1) is 0 Å². The van der Waals surface area contributed by atoms with Crippen LogP contribution in [0.15, 0.2) is 115 Å². The Bertz CT molecular complexity index is 1820. The summed E-state index contributed by atoms with van der Waals surface area (Å²) in [7, 11) is 0. The summed E-state index contributed by atoms with van der Waals surface area (Å²) in [5.74, 6) is 1.41. The van der Waals surface area contributed by atoms with Crippen LogP contribution in [-0.4, -0.2) is 0 Å². The van der Waals surface area contributed by atoms with Crippen LogP contribution in [-0.2, 0) is 5.41 Å². The largest absolute Gasteiger partial charge is 0.310 e. The average Bonchev–Trinajstić information content (AvgIpc) is 3.35. The van der Waals surface area contributed by atoms with Crippen LogP contribution in [0.2, 0.25) is 0 Å². The van der Waals surface area contributed by atoms with E-state index in [4.69, 9.17) is 0 Å². The van der Waals surface area contributed by atoms with Gasteiger partial charge in [-0.1, -0.05) is 131 Å². The fourth-order valence-corrected chi connectivity index (χ4v) is 8.92. The smallest absolute Gasteiger partial charge is 0.0465 e. The molecular weight excluding hydrogens is 555 g/mol. The Morgan fingerprint density at radius 1 is 0.478 bits per heavy atom. The molecule has 0 amide bonds. The Morgan fingerprint density at radius 2 is 1.04 bits per heavy atom. The van der Waals surface area contributed by atoms with Crippen molar-refractivity contribution < 1.29 is 0 Å². The van der Waals surface area contributed by atoms with Gasteiger partial charge < -0.3 is 4.90 Å². The number of para-hydroxylation sites is 1. The molecule has 5 aromatic carbocycles. The molecule has 2 fully saturated rings. The van der Waals surface area contributed by atoms with E-state index in [-0.39, 0.29) is 5.41 Å². The third-order valence-electron chi connectivity index (χ3n) is 11.5. The van der Waals surface area contributed by atoms with Gasteiger partial charge in [-0.3, -0.25) is 0 Å². The van der Waals surface area contributed by atoms with E-state index in [0.717, 1.165) is 5.92 Å². The standard InChI is InChI=1S/C45H47N/c1-45(2)43-30-35(32-14-6-3-7-15-32)24-28-41(43)42-29-27-38(31-44(42)45)46(36-18-10-5-11-19-36)37-25-22-34(23-26-37)40-21-13-12-20-39(40)33-16-8-4-9-17-33/h5,10-13,18-33H,3-4,6-9,14-17H2,1-2H3. The summed E-state index contributed by atoms with van der Waals surface area (Å²) in [6.45, 7) is 4.86.